The third-order valence-corrected chi connectivity index (χ3v) is 1.15. The normalized spacial score (nSPS) is 10.8. The molecule has 0 unspecified atom stereocenters. The second kappa shape index (κ2) is 2.79. The fraction of sp³-hybridized carbons (Fsp3) is 0.333. The van der Waals surface area contributed by atoms with Crippen molar-refractivity contribution in [3.63, 3.8) is 0 Å². The van der Waals surface area contributed by atoms with E-state index in [1.807, 2.05) is 0 Å². The molecule has 0 bridgehead atoms. The van der Waals surface area contributed by atoms with E-state index in [1.54, 1.807) is 0 Å². The van der Waals surface area contributed by atoms with Gasteiger partial charge in [-0.3, -0.25) is 0 Å². The number of aliphatic hydroxyl groups excluding tert-OH is 1. The molecule has 0 aliphatic carbocycles. The third-order valence-electron chi connectivity index (χ3n) is 1.15. The van der Waals surface area contributed by atoms with Gasteiger partial charge in [0.1, 0.15) is 0 Å². The van der Waals surface area contributed by atoms with Gasteiger partial charge in [-0.05, 0) is 6.07 Å². The van der Waals surface area contributed by atoms with Crippen molar-refractivity contribution in [1.82, 2.24) is 0 Å². The minimum Gasteiger partial charge on any atom is -0.463 e. The Morgan fingerprint density at radius 1 is 1.60 bits per heavy atom. The molecule has 0 spiro atoms. The molecule has 0 saturated heterocycles. The molecule has 1 heterocycles. The molecule has 1 N–H and O–H groups in total. The number of hydrogen-bond acceptors (Lipinski definition) is 2. The molecule has 1 aromatic rings. The van der Waals surface area contributed by atoms with E-state index in [4.69, 9.17) is 5.11 Å². The van der Waals surface area contributed by atoms with Crippen molar-refractivity contribution < 1.29 is 18.3 Å². The molecule has 1 rings (SSSR count). The third kappa shape index (κ3) is 1.16. The largest absolute Gasteiger partial charge is 0.463 e. The smallest absolute Gasteiger partial charge is 0.295 e. The first-order valence-corrected chi connectivity index (χ1v) is 2.71. The van der Waals surface area contributed by atoms with Crippen LogP contribution in [0, 0.1) is 0 Å². The van der Waals surface area contributed by atoms with Crippen LogP contribution in [0.1, 0.15) is 17.7 Å². The lowest BCUT2D eigenvalue weighted by atomic mass is 10.3. The quantitative estimate of drug-likeness (QED) is 0.692. The first-order chi connectivity index (χ1) is 4.75. The van der Waals surface area contributed by atoms with Gasteiger partial charge in [0.2, 0.25) is 0 Å². The van der Waals surface area contributed by atoms with Crippen LogP contribution in [0.2, 0.25) is 0 Å². The highest BCUT2D eigenvalue weighted by Crippen LogP contribution is 2.23. The average molecular weight is 148 g/mol. The monoisotopic (exact) mass is 148 g/mol. The highest BCUT2D eigenvalue weighted by Gasteiger charge is 2.15. The van der Waals surface area contributed by atoms with Crippen molar-refractivity contribution >= 4 is 0 Å². The summed E-state index contributed by atoms with van der Waals surface area (Å²) in [6, 6.07) is 1.32. The molecule has 56 valence electrons. The lowest BCUT2D eigenvalue weighted by Gasteiger charge is -1.95. The first-order valence-electron chi connectivity index (χ1n) is 2.71. The second-order valence-corrected chi connectivity index (χ2v) is 1.77. The van der Waals surface area contributed by atoms with Crippen LogP contribution in [0.3, 0.4) is 0 Å². The predicted molar refractivity (Wildman–Crippen MR) is 29.6 cm³/mol. The highest BCUT2D eigenvalue weighted by atomic mass is 19.3. The van der Waals surface area contributed by atoms with E-state index in [0.717, 1.165) is 6.26 Å². The van der Waals surface area contributed by atoms with Crippen LogP contribution in [0.5, 0.6) is 0 Å². The SMILES string of the molecule is OCc1ccoc1C(F)F. The molecule has 0 amide bonds. The van der Waals surface area contributed by atoms with Crippen molar-refractivity contribution in [3.05, 3.63) is 23.7 Å². The van der Waals surface area contributed by atoms with Crippen LogP contribution < -0.4 is 0 Å². The number of hydrogen-bond donors (Lipinski definition) is 1. The Kier molecular flexibility index (Phi) is 2.01. The number of alkyl halides is 2. The van der Waals surface area contributed by atoms with Crippen molar-refractivity contribution in [2.75, 3.05) is 0 Å². The van der Waals surface area contributed by atoms with Crippen molar-refractivity contribution in [2.45, 2.75) is 13.0 Å². The fourth-order valence-electron chi connectivity index (χ4n) is 0.669. The standard InChI is InChI=1S/C6H6F2O2/c7-6(8)5-4(3-9)1-2-10-5/h1-2,6,9H,3H2. The second-order valence-electron chi connectivity index (χ2n) is 1.77. The van der Waals surface area contributed by atoms with E-state index in [9.17, 15) is 8.78 Å². The van der Waals surface area contributed by atoms with Gasteiger partial charge >= 0.3 is 0 Å². The molecule has 2 nitrogen and oxygen atoms in total. The molecule has 0 aromatic carbocycles. The minimum absolute atomic E-state index is 0.148. The van der Waals surface area contributed by atoms with E-state index in [-0.39, 0.29) is 5.56 Å². The van der Waals surface area contributed by atoms with Crippen LogP contribution in [0.4, 0.5) is 8.78 Å². The van der Waals surface area contributed by atoms with Crippen molar-refractivity contribution in [1.29, 1.82) is 0 Å². The van der Waals surface area contributed by atoms with Gasteiger partial charge in [0, 0.05) is 5.56 Å². The lowest BCUT2D eigenvalue weighted by Crippen LogP contribution is -1.87. The maximum Gasteiger partial charge on any atom is 0.295 e. The zero-order valence-corrected chi connectivity index (χ0v) is 5.05. The van der Waals surface area contributed by atoms with Crippen LogP contribution in [0.25, 0.3) is 0 Å². The highest BCUT2D eigenvalue weighted by molar-refractivity contribution is 5.16. The summed E-state index contributed by atoms with van der Waals surface area (Å²) in [4.78, 5) is 0. The zero-order valence-electron chi connectivity index (χ0n) is 5.05. The molecule has 0 atom stereocenters. The fourth-order valence-corrected chi connectivity index (χ4v) is 0.669. The van der Waals surface area contributed by atoms with Gasteiger partial charge in [-0.1, -0.05) is 0 Å². The van der Waals surface area contributed by atoms with E-state index >= 15 is 0 Å². The summed E-state index contributed by atoms with van der Waals surface area (Å²) in [6.07, 6.45) is -1.51. The molecule has 0 aliphatic heterocycles. The lowest BCUT2D eigenvalue weighted by molar-refractivity contribution is 0.117. The summed E-state index contributed by atoms with van der Waals surface area (Å²) in [7, 11) is 0. The topological polar surface area (TPSA) is 33.4 Å². The molecule has 0 radical (unpaired) electrons. The molecule has 4 heteroatoms. The average Bonchev–Trinajstić information content (AvgIpc) is 2.33. The summed E-state index contributed by atoms with van der Waals surface area (Å²) in [5, 5.41) is 8.46. The van der Waals surface area contributed by atoms with Crippen LogP contribution in [0.15, 0.2) is 16.7 Å². The summed E-state index contributed by atoms with van der Waals surface area (Å²) in [6.45, 7) is -0.407. The Morgan fingerprint density at radius 2 is 2.30 bits per heavy atom. The Labute approximate surface area is 56.1 Å². The van der Waals surface area contributed by atoms with Gasteiger partial charge in [0.25, 0.3) is 6.43 Å². The predicted octanol–water partition coefficient (Wildman–Crippen LogP) is 1.71. The summed E-state index contributed by atoms with van der Waals surface area (Å²) in [5.74, 6) is -0.442. The van der Waals surface area contributed by atoms with Crippen LogP contribution in [-0.2, 0) is 6.61 Å². The minimum atomic E-state index is -2.64. The summed E-state index contributed by atoms with van der Waals surface area (Å²) in [5.41, 5.74) is 0.148. The summed E-state index contributed by atoms with van der Waals surface area (Å²) < 4.78 is 28.1. The van der Waals surface area contributed by atoms with Gasteiger partial charge in [-0.2, -0.15) is 0 Å². The Balaban J connectivity index is 2.90. The number of furan rings is 1. The van der Waals surface area contributed by atoms with Gasteiger partial charge in [0.15, 0.2) is 5.76 Å². The Morgan fingerprint density at radius 3 is 2.70 bits per heavy atom. The molecule has 0 saturated carbocycles. The first kappa shape index (κ1) is 7.21. The zero-order chi connectivity index (χ0) is 7.56. The Hall–Kier alpha value is -0.900. The van der Waals surface area contributed by atoms with Gasteiger partial charge < -0.3 is 9.52 Å². The van der Waals surface area contributed by atoms with E-state index in [1.165, 1.54) is 6.07 Å². The van der Waals surface area contributed by atoms with Crippen molar-refractivity contribution in [3.8, 4) is 0 Å². The number of rotatable bonds is 2. The maximum atomic E-state index is 11.8. The van der Waals surface area contributed by atoms with Crippen LogP contribution in [-0.4, -0.2) is 5.11 Å². The van der Waals surface area contributed by atoms with Gasteiger partial charge in [-0.15, -0.1) is 0 Å². The molecular weight excluding hydrogens is 142 g/mol. The van der Waals surface area contributed by atoms with E-state index < -0.39 is 18.8 Å². The number of aliphatic hydroxyl groups is 1. The number of halogens is 2. The van der Waals surface area contributed by atoms with Gasteiger partial charge in [-0.25, -0.2) is 8.78 Å². The maximum absolute atomic E-state index is 11.8. The van der Waals surface area contributed by atoms with Gasteiger partial charge in [0.05, 0.1) is 12.9 Å². The molecule has 10 heavy (non-hydrogen) atoms. The molecular formula is C6H6F2O2. The van der Waals surface area contributed by atoms with Crippen molar-refractivity contribution in [2.24, 2.45) is 0 Å². The van der Waals surface area contributed by atoms with Crippen LogP contribution >= 0.6 is 0 Å². The Bertz CT molecular complexity index is 207. The molecule has 0 aliphatic rings. The van der Waals surface area contributed by atoms with E-state index in [0.29, 0.717) is 0 Å². The molecule has 1 aromatic heterocycles. The van der Waals surface area contributed by atoms with E-state index in [2.05, 4.69) is 4.42 Å². The summed E-state index contributed by atoms with van der Waals surface area (Å²) >= 11 is 0. The molecule has 0 fully saturated rings.